The molecular weight excluding hydrogens is 538 g/mol. The molecule has 0 spiro atoms. The molecule has 1 saturated heterocycles. The molecule has 2 N–H and O–H groups in total. The molecule has 3 aromatic rings. The predicted molar refractivity (Wildman–Crippen MR) is 162 cm³/mol. The Labute approximate surface area is 235 Å². The first-order chi connectivity index (χ1) is 18.5. The molecule has 0 bridgehead atoms. The number of piperidine rings is 1. The Morgan fingerprint density at radius 3 is 2.42 bits per heavy atom. The quantitative estimate of drug-likeness (QED) is 0.183. The number of nitrogens with one attached hydrogen (secondary N) is 2. The number of amides is 1. The fraction of sp³-hybridized carbons (Fsp3) is 0.344. The number of benzene rings is 3. The SMILES string of the molecule is C=C(Nc1ccccc1-c1ccccc1)OC1CCN(CCC(=O)Nc2cc(CC)c(CBr)cc2C)CC1. The van der Waals surface area contributed by atoms with E-state index in [1.165, 1.54) is 11.1 Å². The van der Waals surface area contributed by atoms with E-state index in [2.05, 4.69) is 82.2 Å². The molecule has 6 heteroatoms. The Bertz CT molecular complexity index is 1240. The standard InChI is InChI=1S/C32H38BrN3O2/c1-4-25-21-31(23(2)20-27(25)22-33)35-32(37)16-19-36-17-14-28(15-18-36)38-24(3)34-30-13-9-8-12-29(30)26-10-6-5-7-11-26/h5-13,20-21,28,34H,3-4,14-19,22H2,1-2H3,(H,35,37). The molecule has 1 fully saturated rings. The van der Waals surface area contributed by atoms with Gasteiger partial charge in [-0.05, 0) is 67.2 Å². The van der Waals surface area contributed by atoms with E-state index >= 15 is 0 Å². The van der Waals surface area contributed by atoms with Crippen LogP contribution >= 0.6 is 15.9 Å². The fourth-order valence-corrected chi connectivity index (χ4v) is 5.49. The van der Waals surface area contributed by atoms with Crippen molar-refractivity contribution >= 4 is 33.2 Å². The van der Waals surface area contributed by atoms with E-state index in [1.807, 2.05) is 36.4 Å². The first-order valence-electron chi connectivity index (χ1n) is 13.4. The molecule has 200 valence electrons. The number of hydrogen-bond acceptors (Lipinski definition) is 4. The van der Waals surface area contributed by atoms with E-state index in [0.717, 1.165) is 72.3 Å². The van der Waals surface area contributed by atoms with Gasteiger partial charge in [-0.2, -0.15) is 0 Å². The number of carbonyl (C=O) groups is 1. The summed E-state index contributed by atoms with van der Waals surface area (Å²) in [5, 5.41) is 7.32. The number of hydrogen-bond donors (Lipinski definition) is 2. The van der Waals surface area contributed by atoms with Crippen LogP contribution in [0.5, 0.6) is 0 Å². The summed E-state index contributed by atoms with van der Waals surface area (Å²) in [7, 11) is 0. The number of carbonyl (C=O) groups excluding carboxylic acids is 1. The number of halogens is 1. The molecule has 0 saturated carbocycles. The summed E-state index contributed by atoms with van der Waals surface area (Å²) in [6.45, 7) is 10.9. The summed E-state index contributed by atoms with van der Waals surface area (Å²) < 4.78 is 6.18. The van der Waals surface area contributed by atoms with Gasteiger partial charge in [0.25, 0.3) is 0 Å². The number of rotatable bonds is 11. The minimum Gasteiger partial charge on any atom is -0.476 e. The van der Waals surface area contributed by atoms with E-state index in [0.29, 0.717) is 12.3 Å². The minimum atomic E-state index is 0.0646. The normalized spacial score (nSPS) is 14.2. The summed E-state index contributed by atoms with van der Waals surface area (Å²) in [5.74, 6) is 0.633. The lowest BCUT2D eigenvalue weighted by Gasteiger charge is -2.32. The first kappa shape index (κ1) is 27.9. The maximum Gasteiger partial charge on any atom is 0.225 e. The molecule has 1 aliphatic rings. The zero-order chi connectivity index (χ0) is 26.9. The molecule has 0 aromatic heterocycles. The Hall–Kier alpha value is -3.09. The minimum absolute atomic E-state index is 0.0646. The van der Waals surface area contributed by atoms with Crippen LogP contribution in [-0.4, -0.2) is 36.5 Å². The van der Waals surface area contributed by atoms with Crippen molar-refractivity contribution in [1.82, 2.24) is 4.90 Å². The van der Waals surface area contributed by atoms with Crippen LogP contribution in [-0.2, 0) is 21.3 Å². The molecule has 0 atom stereocenters. The number of nitrogens with zero attached hydrogens (tertiary/aromatic N) is 1. The molecule has 1 aliphatic heterocycles. The number of alkyl halides is 1. The van der Waals surface area contributed by atoms with E-state index in [1.54, 1.807) is 0 Å². The second-order valence-electron chi connectivity index (χ2n) is 9.84. The van der Waals surface area contributed by atoms with Crippen molar-refractivity contribution in [3.05, 3.63) is 95.9 Å². The van der Waals surface area contributed by atoms with Crippen LogP contribution in [0.25, 0.3) is 11.1 Å². The molecule has 1 heterocycles. The summed E-state index contributed by atoms with van der Waals surface area (Å²) in [4.78, 5) is 15.0. The van der Waals surface area contributed by atoms with Crippen molar-refractivity contribution in [2.45, 2.75) is 51.0 Å². The van der Waals surface area contributed by atoms with Crippen LogP contribution in [0.1, 0.15) is 42.9 Å². The van der Waals surface area contributed by atoms with E-state index in [9.17, 15) is 4.79 Å². The Morgan fingerprint density at radius 1 is 1.00 bits per heavy atom. The molecule has 4 rings (SSSR count). The summed E-state index contributed by atoms with van der Waals surface area (Å²) in [6.07, 6.45) is 3.37. The highest BCUT2D eigenvalue weighted by Gasteiger charge is 2.22. The number of aryl methyl sites for hydroxylation is 2. The highest BCUT2D eigenvalue weighted by molar-refractivity contribution is 9.08. The molecule has 38 heavy (non-hydrogen) atoms. The van der Waals surface area contributed by atoms with Crippen LogP contribution in [0.2, 0.25) is 0 Å². The van der Waals surface area contributed by atoms with Gasteiger partial charge in [0.2, 0.25) is 5.91 Å². The summed E-state index contributed by atoms with van der Waals surface area (Å²) in [5.41, 5.74) is 7.82. The predicted octanol–water partition coefficient (Wildman–Crippen LogP) is 7.51. The molecular formula is C32H38BrN3O2. The van der Waals surface area contributed by atoms with Gasteiger partial charge < -0.3 is 20.3 Å². The number of para-hydroxylation sites is 1. The lowest BCUT2D eigenvalue weighted by molar-refractivity contribution is -0.116. The zero-order valence-electron chi connectivity index (χ0n) is 22.4. The van der Waals surface area contributed by atoms with E-state index in [4.69, 9.17) is 4.74 Å². The third-order valence-electron chi connectivity index (χ3n) is 7.13. The summed E-state index contributed by atoms with van der Waals surface area (Å²) in [6, 6.07) is 22.8. The van der Waals surface area contributed by atoms with Gasteiger partial charge in [0.05, 0.1) is 0 Å². The Kier molecular flexibility index (Phi) is 10.0. The first-order valence-corrected chi connectivity index (χ1v) is 14.6. The molecule has 0 radical (unpaired) electrons. The van der Waals surface area contributed by atoms with Gasteiger partial charge in [-0.1, -0.05) is 77.5 Å². The van der Waals surface area contributed by atoms with Crippen molar-refractivity contribution in [2.75, 3.05) is 30.3 Å². The smallest absolute Gasteiger partial charge is 0.225 e. The van der Waals surface area contributed by atoms with Gasteiger partial charge in [-0.3, -0.25) is 4.79 Å². The Balaban J connectivity index is 1.21. The van der Waals surface area contributed by atoms with Crippen molar-refractivity contribution in [2.24, 2.45) is 0 Å². The molecule has 3 aromatic carbocycles. The topological polar surface area (TPSA) is 53.6 Å². The van der Waals surface area contributed by atoms with Crippen LogP contribution in [0.3, 0.4) is 0 Å². The fourth-order valence-electron chi connectivity index (χ4n) is 4.97. The molecule has 1 amide bonds. The average Bonchev–Trinajstić information content (AvgIpc) is 2.94. The Morgan fingerprint density at radius 2 is 1.71 bits per heavy atom. The molecule has 0 aliphatic carbocycles. The van der Waals surface area contributed by atoms with Gasteiger partial charge in [0.1, 0.15) is 6.10 Å². The number of likely N-dealkylation sites (tertiary alicyclic amines) is 1. The lowest BCUT2D eigenvalue weighted by atomic mass is 10.0. The van der Waals surface area contributed by atoms with E-state index < -0.39 is 0 Å². The van der Waals surface area contributed by atoms with Crippen LogP contribution < -0.4 is 10.6 Å². The second-order valence-corrected chi connectivity index (χ2v) is 10.4. The summed E-state index contributed by atoms with van der Waals surface area (Å²) >= 11 is 3.56. The second kappa shape index (κ2) is 13.6. The third kappa shape index (κ3) is 7.49. The van der Waals surface area contributed by atoms with Crippen LogP contribution in [0.15, 0.2) is 79.2 Å². The van der Waals surface area contributed by atoms with Gasteiger partial charge in [-0.15, -0.1) is 0 Å². The van der Waals surface area contributed by atoms with Crippen LogP contribution in [0.4, 0.5) is 11.4 Å². The highest BCUT2D eigenvalue weighted by atomic mass is 79.9. The number of anilines is 2. The average molecular weight is 577 g/mol. The van der Waals surface area contributed by atoms with Gasteiger partial charge in [-0.25, -0.2) is 0 Å². The zero-order valence-corrected chi connectivity index (χ0v) is 24.0. The van der Waals surface area contributed by atoms with Crippen molar-refractivity contribution in [1.29, 1.82) is 0 Å². The number of ether oxygens (including phenoxy) is 1. The van der Waals surface area contributed by atoms with E-state index in [-0.39, 0.29) is 12.0 Å². The maximum absolute atomic E-state index is 12.7. The highest BCUT2D eigenvalue weighted by Crippen LogP contribution is 2.29. The van der Waals surface area contributed by atoms with Crippen LogP contribution in [0, 0.1) is 6.92 Å². The third-order valence-corrected chi connectivity index (χ3v) is 7.73. The van der Waals surface area contributed by atoms with Crippen molar-refractivity contribution in [3.8, 4) is 11.1 Å². The molecule has 5 nitrogen and oxygen atoms in total. The monoisotopic (exact) mass is 575 g/mol. The molecule has 0 unspecified atom stereocenters. The van der Waals surface area contributed by atoms with Gasteiger partial charge >= 0.3 is 0 Å². The van der Waals surface area contributed by atoms with Crippen molar-refractivity contribution < 1.29 is 9.53 Å². The van der Waals surface area contributed by atoms with Crippen molar-refractivity contribution in [3.63, 3.8) is 0 Å². The maximum atomic E-state index is 12.7. The largest absolute Gasteiger partial charge is 0.476 e. The lowest BCUT2D eigenvalue weighted by Crippen LogP contribution is -2.38. The van der Waals surface area contributed by atoms with Gasteiger partial charge in [0, 0.05) is 48.3 Å². The van der Waals surface area contributed by atoms with Gasteiger partial charge in [0.15, 0.2) is 5.88 Å².